The highest BCUT2D eigenvalue weighted by Crippen LogP contribution is 2.45. The molecule has 0 unspecified atom stereocenters. The fraction of sp³-hybridized carbons (Fsp3) is 0.667. The molecule has 0 radical (unpaired) electrons. The number of hydrogen-bond donors (Lipinski definition) is 2. The summed E-state index contributed by atoms with van der Waals surface area (Å²) in [4.78, 5) is 64.9. The van der Waals surface area contributed by atoms with Crippen molar-refractivity contribution in [3.8, 4) is 0 Å². The van der Waals surface area contributed by atoms with Gasteiger partial charge in [-0.3, -0.25) is 9.59 Å². The predicted octanol–water partition coefficient (Wildman–Crippen LogP) is 2.67. The second-order valence-electron chi connectivity index (χ2n) is 10.8. The molecule has 0 aromatic heterocycles. The maximum absolute atomic E-state index is 13.7. The molecule has 3 amide bonds. The van der Waals surface area contributed by atoms with Crippen LogP contribution >= 0.6 is 0 Å². The lowest BCUT2D eigenvalue weighted by Gasteiger charge is -2.30. The van der Waals surface area contributed by atoms with Crippen LogP contribution in [0.5, 0.6) is 0 Å². The number of allylic oxidation sites excluding steroid dienone is 1. The summed E-state index contributed by atoms with van der Waals surface area (Å²) in [6, 6.07) is -1.91. The molecule has 10 nitrogen and oxygen atoms in total. The Labute approximate surface area is 219 Å². The lowest BCUT2D eigenvalue weighted by molar-refractivity contribution is -0.148. The third-order valence-corrected chi connectivity index (χ3v) is 6.70. The molecule has 0 spiro atoms. The van der Waals surface area contributed by atoms with E-state index in [0.717, 1.165) is 25.5 Å². The van der Waals surface area contributed by atoms with Gasteiger partial charge < -0.3 is 29.8 Å². The highest BCUT2D eigenvalue weighted by Gasteiger charge is 2.61. The molecule has 1 heterocycles. The van der Waals surface area contributed by atoms with Gasteiger partial charge in [0.2, 0.25) is 11.8 Å². The van der Waals surface area contributed by atoms with Gasteiger partial charge in [0.15, 0.2) is 0 Å². The van der Waals surface area contributed by atoms with Gasteiger partial charge in [0.25, 0.3) is 0 Å². The number of carbonyl (C=O) groups is 5. The Balaban J connectivity index is 2.21. The monoisotopic (exact) mass is 519 g/mol. The summed E-state index contributed by atoms with van der Waals surface area (Å²) in [7, 11) is 1.24. The number of nitrogens with one attached hydrogen (secondary N) is 2. The molecule has 1 saturated carbocycles. The van der Waals surface area contributed by atoms with Gasteiger partial charge in [-0.1, -0.05) is 25.0 Å². The summed E-state index contributed by atoms with van der Waals surface area (Å²) >= 11 is 0. The van der Waals surface area contributed by atoms with Gasteiger partial charge in [-0.15, -0.1) is 13.2 Å². The van der Waals surface area contributed by atoms with Crippen molar-refractivity contribution in [3.63, 3.8) is 0 Å². The minimum Gasteiger partial charge on any atom is -0.467 e. The van der Waals surface area contributed by atoms with Crippen molar-refractivity contribution in [1.82, 2.24) is 15.5 Å². The molecule has 1 saturated heterocycles. The van der Waals surface area contributed by atoms with Crippen molar-refractivity contribution < 1.29 is 33.4 Å². The number of rotatable bonds is 13. The van der Waals surface area contributed by atoms with Gasteiger partial charge in [-0.25, -0.2) is 9.59 Å². The molecule has 0 aromatic rings. The number of hydrogen-bond acceptors (Lipinski definition) is 7. The summed E-state index contributed by atoms with van der Waals surface area (Å²) < 4.78 is 10.2. The fourth-order valence-electron chi connectivity index (χ4n) is 4.67. The Morgan fingerprint density at radius 3 is 2.41 bits per heavy atom. The zero-order valence-electron chi connectivity index (χ0n) is 22.4. The standard InChI is InChI=1S/C27H41N3O7/c1-7-9-10-11-12-13-20(28-25(35)37-26(3,4)5)23(33)30-16-18(17-31)14-21(30)22(32)29-27(24(34)36-6)15-19(27)8-2/h7-8,17-21H,1-2,9-16H2,3-6H3,(H,28,35)(H,29,32)/t18-,19+,20-,21-,27+/m0/s1. The van der Waals surface area contributed by atoms with Crippen LogP contribution in [-0.4, -0.2) is 71.9 Å². The molecule has 2 rings (SSSR count). The van der Waals surface area contributed by atoms with Crippen LogP contribution in [0.25, 0.3) is 0 Å². The van der Waals surface area contributed by atoms with Crippen LogP contribution in [0.1, 0.15) is 65.7 Å². The van der Waals surface area contributed by atoms with Gasteiger partial charge in [-0.2, -0.15) is 0 Å². The highest BCUT2D eigenvalue weighted by molar-refractivity contribution is 5.96. The summed E-state index contributed by atoms with van der Waals surface area (Å²) in [6.45, 7) is 12.6. The number of methoxy groups -OCH3 is 1. The number of nitrogens with zero attached hydrogens (tertiary/aromatic N) is 1. The molecule has 37 heavy (non-hydrogen) atoms. The Hall–Kier alpha value is -3.17. The maximum Gasteiger partial charge on any atom is 0.408 e. The number of unbranched alkanes of at least 4 members (excludes halogenated alkanes) is 3. The second kappa shape index (κ2) is 12.9. The minimum absolute atomic E-state index is 0.0412. The van der Waals surface area contributed by atoms with Crippen LogP contribution in [-0.2, 0) is 28.7 Å². The topological polar surface area (TPSA) is 131 Å². The number of carbonyl (C=O) groups excluding carboxylic acids is 5. The van der Waals surface area contributed by atoms with Crippen LogP contribution in [0.3, 0.4) is 0 Å². The average molecular weight is 520 g/mol. The number of esters is 1. The second-order valence-corrected chi connectivity index (χ2v) is 10.8. The molecule has 5 atom stereocenters. The number of alkyl carbamates (subject to hydrolysis) is 1. The summed E-state index contributed by atoms with van der Waals surface area (Å²) in [5, 5.41) is 5.41. The third kappa shape index (κ3) is 7.90. The molecule has 1 aliphatic heterocycles. The van der Waals surface area contributed by atoms with E-state index in [2.05, 4.69) is 23.8 Å². The first-order chi connectivity index (χ1) is 17.4. The Kier molecular flexibility index (Phi) is 10.5. The first-order valence-corrected chi connectivity index (χ1v) is 12.8. The summed E-state index contributed by atoms with van der Waals surface area (Å²) in [5.74, 6) is -2.43. The van der Waals surface area contributed by atoms with Gasteiger partial charge in [0.05, 0.1) is 7.11 Å². The van der Waals surface area contributed by atoms with E-state index >= 15 is 0 Å². The summed E-state index contributed by atoms with van der Waals surface area (Å²) in [6.07, 6.45) is 7.44. The average Bonchev–Trinajstić information content (AvgIpc) is 3.37. The van der Waals surface area contributed by atoms with Crippen molar-refractivity contribution in [1.29, 1.82) is 0 Å². The number of aldehydes is 1. The van der Waals surface area contributed by atoms with Crippen LogP contribution in [0, 0.1) is 11.8 Å². The van der Waals surface area contributed by atoms with Crippen molar-refractivity contribution in [2.75, 3.05) is 13.7 Å². The predicted molar refractivity (Wildman–Crippen MR) is 137 cm³/mol. The lowest BCUT2D eigenvalue weighted by Crippen LogP contribution is -2.56. The Morgan fingerprint density at radius 1 is 1.16 bits per heavy atom. The molecule has 0 bridgehead atoms. The first kappa shape index (κ1) is 30.1. The van der Waals surface area contributed by atoms with E-state index in [1.807, 2.05) is 6.08 Å². The van der Waals surface area contributed by atoms with Gasteiger partial charge in [0, 0.05) is 18.4 Å². The van der Waals surface area contributed by atoms with E-state index in [1.54, 1.807) is 26.8 Å². The molecule has 2 aliphatic rings. The zero-order valence-corrected chi connectivity index (χ0v) is 22.4. The first-order valence-electron chi connectivity index (χ1n) is 12.8. The molecular weight excluding hydrogens is 478 g/mol. The van der Waals surface area contributed by atoms with Gasteiger partial charge in [0.1, 0.15) is 29.5 Å². The molecule has 206 valence electrons. The van der Waals surface area contributed by atoms with Crippen molar-refractivity contribution in [2.24, 2.45) is 11.8 Å². The van der Waals surface area contributed by atoms with Crippen molar-refractivity contribution >= 4 is 30.2 Å². The minimum atomic E-state index is -1.22. The molecule has 10 heteroatoms. The summed E-state index contributed by atoms with van der Waals surface area (Å²) in [5.41, 5.74) is -1.98. The van der Waals surface area contributed by atoms with Crippen molar-refractivity contribution in [3.05, 3.63) is 25.3 Å². The molecule has 2 fully saturated rings. The van der Waals surface area contributed by atoms with E-state index in [1.165, 1.54) is 12.0 Å². The van der Waals surface area contributed by atoms with E-state index in [4.69, 9.17) is 9.47 Å². The van der Waals surface area contributed by atoms with E-state index in [-0.39, 0.29) is 18.9 Å². The van der Waals surface area contributed by atoms with E-state index in [9.17, 15) is 24.0 Å². The van der Waals surface area contributed by atoms with Crippen LogP contribution in [0.2, 0.25) is 0 Å². The normalized spacial score (nSPS) is 25.4. The maximum atomic E-state index is 13.7. The Bertz CT molecular complexity index is 897. The van der Waals surface area contributed by atoms with Crippen LogP contribution in [0.4, 0.5) is 4.79 Å². The SMILES string of the molecule is C=CCCCCC[C@H](NC(=O)OC(C)(C)C)C(=O)N1C[C@@H](C=O)C[C@H]1C(=O)N[C@]1(C(=O)OC)C[C@H]1C=C. The quantitative estimate of drug-likeness (QED) is 0.166. The Morgan fingerprint density at radius 2 is 1.86 bits per heavy atom. The zero-order chi connectivity index (χ0) is 27.8. The molecule has 1 aliphatic carbocycles. The fourth-order valence-corrected chi connectivity index (χ4v) is 4.67. The van der Waals surface area contributed by atoms with Gasteiger partial charge >= 0.3 is 12.1 Å². The van der Waals surface area contributed by atoms with Crippen LogP contribution in [0.15, 0.2) is 25.3 Å². The third-order valence-electron chi connectivity index (χ3n) is 6.70. The molecular formula is C27H41N3O7. The molecule has 0 aromatic carbocycles. The van der Waals surface area contributed by atoms with Crippen molar-refractivity contribution in [2.45, 2.75) is 88.9 Å². The smallest absolute Gasteiger partial charge is 0.408 e. The number of likely N-dealkylation sites (tertiary alicyclic amines) is 1. The molecule has 2 N–H and O–H groups in total. The highest BCUT2D eigenvalue weighted by atomic mass is 16.6. The van der Waals surface area contributed by atoms with Gasteiger partial charge in [-0.05, 0) is 52.9 Å². The number of amides is 3. The van der Waals surface area contributed by atoms with Crippen LogP contribution < -0.4 is 10.6 Å². The lowest BCUT2D eigenvalue weighted by atomic mass is 10.0. The van der Waals surface area contributed by atoms with E-state index in [0.29, 0.717) is 19.3 Å². The van der Waals surface area contributed by atoms with E-state index < -0.39 is 53.0 Å². The largest absolute Gasteiger partial charge is 0.467 e. The number of ether oxygens (including phenoxy) is 2.